The van der Waals surface area contributed by atoms with Gasteiger partial charge in [-0.25, -0.2) is 14.3 Å². The van der Waals surface area contributed by atoms with Crippen LogP contribution in [0.2, 0.25) is 0 Å². The number of aryl methyl sites for hydroxylation is 2. The van der Waals surface area contributed by atoms with Crippen LogP contribution < -0.4 is 21.9 Å². The van der Waals surface area contributed by atoms with Gasteiger partial charge in [-0.3, -0.25) is 19.0 Å². The number of hydrogen-bond donors (Lipinski definition) is 2. The van der Waals surface area contributed by atoms with Crippen molar-refractivity contribution < 1.29 is 9.59 Å². The lowest BCUT2D eigenvalue weighted by atomic mass is 10.4. The third-order valence-electron chi connectivity index (χ3n) is 3.52. The summed E-state index contributed by atoms with van der Waals surface area (Å²) in [5, 5.41) is 5.00. The quantitative estimate of drug-likeness (QED) is 0.637. The van der Waals surface area contributed by atoms with Crippen molar-refractivity contribution >= 4 is 23.0 Å². The summed E-state index contributed by atoms with van der Waals surface area (Å²) in [6.07, 6.45) is 2.21. The zero-order valence-corrected chi connectivity index (χ0v) is 13.8. The number of nitrogens with one attached hydrogen (secondary N) is 2. The van der Waals surface area contributed by atoms with Gasteiger partial charge in [0.2, 0.25) is 11.8 Å². The molecule has 0 bridgehead atoms. The molecule has 2 heterocycles. The smallest absolute Gasteiger partial charge is 0.332 e. The van der Waals surface area contributed by atoms with Gasteiger partial charge in [0.15, 0.2) is 11.2 Å². The molecular formula is C14H20N6O4. The number of carbonyl (C=O) groups excluding carboxylic acids is 2. The van der Waals surface area contributed by atoms with Crippen LogP contribution in [0.25, 0.3) is 11.2 Å². The van der Waals surface area contributed by atoms with E-state index < -0.39 is 23.7 Å². The fourth-order valence-corrected chi connectivity index (χ4v) is 2.24. The number of nitrogens with zero attached hydrogens (tertiary/aromatic N) is 4. The summed E-state index contributed by atoms with van der Waals surface area (Å²) < 4.78 is 3.52. The van der Waals surface area contributed by atoms with Crippen LogP contribution in [-0.4, -0.2) is 43.6 Å². The van der Waals surface area contributed by atoms with Crippen LogP contribution in [0.5, 0.6) is 0 Å². The Labute approximate surface area is 137 Å². The summed E-state index contributed by atoms with van der Waals surface area (Å²) in [6, 6.07) is 0. The highest BCUT2D eigenvalue weighted by Gasteiger charge is 2.17. The topological polar surface area (TPSA) is 120 Å². The number of amides is 2. The normalized spacial score (nSPS) is 10.8. The van der Waals surface area contributed by atoms with Gasteiger partial charge in [-0.1, -0.05) is 6.92 Å². The molecule has 0 aliphatic rings. The fraction of sp³-hybridized carbons (Fsp3) is 0.500. The number of aromatic nitrogens is 4. The SMILES string of the molecule is CCCNC(=O)CNC(=O)Cn1c(=O)c2c(ncn2C)n(C)c1=O. The first-order valence-electron chi connectivity index (χ1n) is 7.51. The zero-order valence-electron chi connectivity index (χ0n) is 13.8. The first-order chi connectivity index (χ1) is 11.4. The summed E-state index contributed by atoms with van der Waals surface area (Å²) in [7, 11) is 3.10. The molecule has 130 valence electrons. The number of carbonyl (C=O) groups is 2. The average molecular weight is 336 g/mol. The number of rotatable bonds is 6. The zero-order chi connectivity index (χ0) is 17.9. The van der Waals surface area contributed by atoms with Crippen molar-refractivity contribution in [1.82, 2.24) is 29.3 Å². The number of imidazole rings is 1. The van der Waals surface area contributed by atoms with Crippen molar-refractivity contribution in [2.24, 2.45) is 14.1 Å². The lowest BCUT2D eigenvalue weighted by Gasteiger charge is -2.09. The van der Waals surface area contributed by atoms with Crippen LogP contribution in [0.15, 0.2) is 15.9 Å². The molecule has 10 heteroatoms. The molecule has 10 nitrogen and oxygen atoms in total. The molecule has 0 saturated heterocycles. The number of fused-ring (bicyclic) bond motifs is 1. The molecule has 0 fully saturated rings. The van der Waals surface area contributed by atoms with E-state index in [1.54, 1.807) is 7.05 Å². The molecule has 24 heavy (non-hydrogen) atoms. The van der Waals surface area contributed by atoms with Crippen molar-refractivity contribution in [3.8, 4) is 0 Å². The van der Waals surface area contributed by atoms with Crippen LogP contribution in [0.4, 0.5) is 0 Å². The Hall–Kier alpha value is -2.91. The van der Waals surface area contributed by atoms with Crippen molar-refractivity contribution in [1.29, 1.82) is 0 Å². The van der Waals surface area contributed by atoms with E-state index >= 15 is 0 Å². The average Bonchev–Trinajstić information content (AvgIpc) is 2.94. The van der Waals surface area contributed by atoms with E-state index in [-0.39, 0.29) is 23.6 Å². The Morgan fingerprint density at radius 3 is 2.54 bits per heavy atom. The molecule has 0 saturated carbocycles. The number of hydrogen-bond acceptors (Lipinski definition) is 5. The van der Waals surface area contributed by atoms with Gasteiger partial charge in [0.1, 0.15) is 6.54 Å². The van der Waals surface area contributed by atoms with Crippen LogP contribution >= 0.6 is 0 Å². The Balaban J connectivity index is 2.20. The van der Waals surface area contributed by atoms with E-state index in [2.05, 4.69) is 15.6 Å². The van der Waals surface area contributed by atoms with Crippen molar-refractivity contribution in [3.05, 3.63) is 27.2 Å². The van der Waals surface area contributed by atoms with Gasteiger partial charge in [-0.2, -0.15) is 0 Å². The maximum Gasteiger partial charge on any atom is 0.332 e. The molecule has 0 atom stereocenters. The highest BCUT2D eigenvalue weighted by molar-refractivity contribution is 5.84. The van der Waals surface area contributed by atoms with E-state index in [4.69, 9.17) is 0 Å². The van der Waals surface area contributed by atoms with Gasteiger partial charge in [-0.05, 0) is 6.42 Å². The summed E-state index contributed by atoms with van der Waals surface area (Å²) in [6.45, 7) is 1.76. The second-order valence-corrected chi connectivity index (χ2v) is 5.39. The molecule has 2 rings (SSSR count). The van der Waals surface area contributed by atoms with Gasteiger partial charge < -0.3 is 15.2 Å². The molecular weight excluding hydrogens is 316 g/mol. The summed E-state index contributed by atoms with van der Waals surface area (Å²) >= 11 is 0. The van der Waals surface area contributed by atoms with Gasteiger partial charge in [0.25, 0.3) is 5.56 Å². The molecule has 0 unspecified atom stereocenters. The predicted octanol–water partition coefficient (Wildman–Crippen LogP) is -1.92. The minimum Gasteiger partial charge on any atom is -0.355 e. The first-order valence-corrected chi connectivity index (χ1v) is 7.51. The van der Waals surface area contributed by atoms with Crippen LogP contribution in [-0.2, 0) is 30.2 Å². The highest BCUT2D eigenvalue weighted by Crippen LogP contribution is 2.02. The van der Waals surface area contributed by atoms with Crippen molar-refractivity contribution in [3.63, 3.8) is 0 Å². The predicted molar refractivity (Wildman–Crippen MR) is 86.5 cm³/mol. The third kappa shape index (κ3) is 3.36. The molecule has 2 aromatic heterocycles. The molecule has 0 aromatic carbocycles. The van der Waals surface area contributed by atoms with E-state index in [9.17, 15) is 19.2 Å². The highest BCUT2D eigenvalue weighted by atomic mass is 16.2. The summed E-state index contributed by atoms with van der Waals surface area (Å²) in [5.41, 5.74) is -0.760. The van der Waals surface area contributed by atoms with Gasteiger partial charge >= 0.3 is 5.69 Å². The van der Waals surface area contributed by atoms with Crippen LogP contribution in [0.1, 0.15) is 13.3 Å². The van der Waals surface area contributed by atoms with E-state index in [1.165, 1.54) is 22.5 Å². The van der Waals surface area contributed by atoms with Gasteiger partial charge in [0, 0.05) is 20.6 Å². The molecule has 0 radical (unpaired) electrons. The minimum atomic E-state index is -0.642. The Bertz CT molecular complexity index is 891. The van der Waals surface area contributed by atoms with Gasteiger partial charge in [0.05, 0.1) is 12.9 Å². The summed E-state index contributed by atoms with van der Waals surface area (Å²) in [5.74, 6) is -0.921. The molecule has 0 spiro atoms. The van der Waals surface area contributed by atoms with E-state index in [0.29, 0.717) is 6.54 Å². The van der Waals surface area contributed by atoms with E-state index in [0.717, 1.165) is 11.0 Å². The Morgan fingerprint density at radius 2 is 1.88 bits per heavy atom. The maximum atomic E-state index is 12.4. The van der Waals surface area contributed by atoms with E-state index in [1.807, 2.05) is 6.92 Å². The largest absolute Gasteiger partial charge is 0.355 e. The molecule has 2 aromatic rings. The molecule has 0 aliphatic heterocycles. The standard InChI is InChI=1S/C14H20N6O4/c1-4-5-15-9(21)6-16-10(22)7-20-13(23)11-12(17-8-18(11)2)19(3)14(20)24/h8H,4-7H2,1-3H3,(H,15,21)(H,16,22). The Kier molecular flexibility index (Phi) is 5.17. The minimum absolute atomic E-state index is 0.206. The van der Waals surface area contributed by atoms with Crippen LogP contribution in [0, 0.1) is 0 Å². The first kappa shape index (κ1) is 17.4. The second kappa shape index (κ2) is 7.11. The van der Waals surface area contributed by atoms with Crippen molar-refractivity contribution in [2.75, 3.05) is 13.1 Å². The van der Waals surface area contributed by atoms with Crippen LogP contribution in [0.3, 0.4) is 0 Å². The Morgan fingerprint density at radius 1 is 1.17 bits per heavy atom. The molecule has 2 N–H and O–H groups in total. The van der Waals surface area contributed by atoms with Gasteiger partial charge in [-0.15, -0.1) is 0 Å². The third-order valence-corrected chi connectivity index (χ3v) is 3.52. The fourth-order valence-electron chi connectivity index (χ4n) is 2.24. The lowest BCUT2D eigenvalue weighted by Crippen LogP contribution is -2.45. The maximum absolute atomic E-state index is 12.4. The monoisotopic (exact) mass is 336 g/mol. The lowest BCUT2D eigenvalue weighted by molar-refractivity contribution is -0.126. The molecule has 0 aliphatic carbocycles. The second-order valence-electron chi connectivity index (χ2n) is 5.39. The summed E-state index contributed by atoms with van der Waals surface area (Å²) in [4.78, 5) is 52.1. The molecule has 2 amide bonds. The van der Waals surface area contributed by atoms with Crippen molar-refractivity contribution in [2.45, 2.75) is 19.9 Å².